The van der Waals surface area contributed by atoms with Crippen molar-refractivity contribution in [2.45, 2.75) is 19.8 Å². The van der Waals surface area contributed by atoms with Crippen molar-refractivity contribution >= 4 is 17.6 Å². The van der Waals surface area contributed by atoms with Gasteiger partial charge in [-0.3, -0.25) is 0 Å². The Morgan fingerprint density at radius 3 is 2.62 bits per heavy atom. The molecule has 2 N–H and O–H groups in total. The Labute approximate surface area is 97.6 Å². The van der Waals surface area contributed by atoms with Crippen LogP contribution >= 0.6 is 11.6 Å². The first kappa shape index (κ1) is 10.9. The van der Waals surface area contributed by atoms with Crippen LogP contribution in [0.3, 0.4) is 0 Å². The van der Waals surface area contributed by atoms with Crippen molar-refractivity contribution in [3.8, 4) is 11.6 Å². The second kappa shape index (κ2) is 4.09. The maximum Gasteiger partial charge on any atom is 0.313 e. The lowest BCUT2D eigenvalue weighted by atomic mass is 10.0. The van der Waals surface area contributed by atoms with Gasteiger partial charge in [0.2, 0.25) is 0 Å². The van der Waals surface area contributed by atoms with E-state index < -0.39 is 0 Å². The fourth-order valence-electron chi connectivity index (χ4n) is 1.41. The zero-order valence-electron chi connectivity index (χ0n) is 8.94. The molecule has 2 heterocycles. The summed E-state index contributed by atoms with van der Waals surface area (Å²) < 4.78 is 5.15. The molecule has 0 aromatic carbocycles. The second-order valence-corrected chi connectivity index (χ2v) is 4.06. The van der Waals surface area contributed by atoms with Gasteiger partial charge in [0.25, 0.3) is 5.89 Å². The van der Waals surface area contributed by atoms with Crippen molar-refractivity contribution < 1.29 is 4.42 Å². The Balaban J connectivity index is 2.57. The van der Waals surface area contributed by atoms with E-state index in [1.165, 1.54) is 0 Å². The van der Waals surface area contributed by atoms with Crippen LogP contribution in [0.1, 0.15) is 25.3 Å². The molecule has 0 spiro atoms. The van der Waals surface area contributed by atoms with Crippen molar-refractivity contribution in [2.75, 3.05) is 5.73 Å². The molecule has 0 fully saturated rings. The number of nitrogens with two attached hydrogens (primary N) is 1. The highest BCUT2D eigenvalue weighted by Crippen LogP contribution is 2.28. The van der Waals surface area contributed by atoms with Crippen LogP contribution in [0, 0.1) is 0 Å². The molecule has 0 saturated carbocycles. The SMILES string of the molecule is CC(C)c1ccc(Cl)nc1-c1nnc(N)o1. The molecule has 2 aromatic heterocycles. The lowest BCUT2D eigenvalue weighted by molar-refractivity contribution is 0.586. The van der Waals surface area contributed by atoms with Crippen LogP contribution in [0.5, 0.6) is 0 Å². The number of hydrogen-bond donors (Lipinski definition) is 1. The van der Waals surface area contributed by atoms with E-state index in [1.807, 2.05) is 19.9 Å². The molecule has 0 saturated heterocycles. The fraction of sp³-hybridized carbons (Fsp3) is 0.300. The predicted octanol–water partition coefficient (Wildman–Crippen LogP) is 2.49. The van der Waals surface area contributed by atoms with Crippen LogP contribution in [0.2, 0.25) is 5.15 Å². The van der Waals surface area contributed by atoms with Gasteiger partial charge in [-0.1, -0.05) is 36.6 Å². The minimum atomic E-state index is 0.0199. The molecule has 0 aliphatic carbocycles. The van der Waals surface area contributed by atoms with Gasteiger partial charge in [0.1, 0.15) is 10.8 Å². The molecule has 0 amide bonds. The third-order valence-corrected chi connectivity index (χ3v) is 2.37. The summed E-state index contributed by atoms with van der Waals surface area (Å²) in [6.45, 7) is 4.10. The molecule has 0 aliphatic heterocycles. The molecule has 0 radical (unpaired) electrons. The van der Waals surface area contributed by atoms with Crippen LogP contribution in [0.25, 0.3) is 11.6 Å². The molecule has 6 heteroatoms. The topological polar surface area (TPSA) is 77.8 Å². The largest absolute Gasteiger partial charge is 0.402 e. The molecule has 0 unspecified atom stereocenters. The summed E-state index contributed by atoms with van der Waals surface area (Å²) in [4.78, 5) is 4.19. The van der Waals surface area contributed by atoms with E-state index in [1.54, 1.807) is 6.07 Å². The van der Waals surface area contributed by atoms with Crippen molar-refractivity contribution in [1.82, 2.24) is 15.2 Å². The average Bonchev–Trinajstić information content (AvgIpc) is 2.64. The number of nitrogen functional groups attached to an aromatic ring is 1. The summed E-state index contributed by atoms with van der Waals surface area (Å²) in [5.74, 6) is 0.580. The first-order valence-electron chi connectivity index (χ1n) is 4.83. The minimum absolute atomic E-state index is 0.0199. The molecule has 0 bridgehead atoms. The van der Waals surface area contributed by atoms with Gasteiger partial charge in [-0.15, -0.1) is 5.10 Å². The first-order chi connectivity index (χ1) is 7.58. The zero-order valence-corrected chi connectivity index (χ0v) is 9.69. The molecule has 2 aromatic rings. The summed E-state index contributed by atoms with van der Waals surface area (Å²) in [7, 11) is 0. The van der Waals surface area contributed by atoms with E-state index in [0.717, 1.165) is 5.56 Å². The number of nitrogens with zero attached hydrogens (tertiary/aromatic N) is 3. The third kappa shape index (κ3) is 1.99. The van der Waals surface area contributed by atoms with Crippen LogP contribution in [-0.4, -0.2) is 15.2 Å². The minimum Gasteiger partial charge on any atom is -0.402 e. The molecule has 16 heavy (non-hydrogen) atoms. The van der Waals surface area contributed by atoms with E-state index >= 15 is 0 Å². The smallest absolute Gasteiger partial charge is 0.313 e. The van der Waals surface area contributed by atoms with Gasteiger partial charge in [0.15, 0.2) is 0 Å². The van der Waals surface area contributed by atoms with Crippen LogP contribution in [0.15, 0.2) is 16.5 Å². The third-order valence-electron chi connectivity index (χ3n) is 2.16. The highest BCUT2D eigenvalue weighted by atomic mass is 35.5. The summed E-state index contributed by atoms with van der Waals surface area (Å²) in [6.07, 6.45) is 0. The molecule has 2 rings (SSSR count). The van der Waals surface area contributed by atoms with Gasteiger partial charge in [0.05, 0.1) is 0 Å². The maximum atomic E-state index is 5.85. The first-order valence-corrected chi connectivity index (χ1v) is 5.21. The van der Waals surface area contributed by atoms with Crippen molar-refractivity contribution in [3.05, 3.63) is 22.8 Å². The van der Waals surface area contributed by atoms with Crippen molar-refractivity contribution in [1.29, 1.82) is 0 Å². The highest BCUT2D eigenvalue weighted by Gasteiger charge is 2.16. The fourth-order valence-corrected chi connectivity index (χ4v) is 1.56. The Morgan fingerprint density at radius 1 is 1.31 bits per heavy atom. The molecular formula is C10H11ClN4O. The summed E-state index contributed by atoms with van der Waals surface area (Å²) in [6, 6.07) is 3.65. The molecule has 5 nitrogen and oxygen atoms in total. The molecule has 84 valence electrons. The van der Waals surface area contributed by atoms with E-state index in [4.69, 9.17) is 21.8 Å². The Hall–Kier alpha value is -1.62. The number of pyridine rings is 1. The predicted molar refractivity (Wildman–Crippen MR) is 61.0 cm³/mol. The number of hydrogen-bond acceptors (Lipinski definition) is 5. The number of rotatable bonds is 2. The number of anilines is 1. The summed E-state index contributed by atoms with van der Waals surface area (Å²) in [5.41, 5.74) is 6.96. The lowest BCUT2D eigenvalue weighted by Gasteiger charge is -2.08. The molecule has 0 aliphatic rings. The van der Waals surface area contributed by atoms with E-state index in [-0.39, 0.29) is 11.9 Å². The normalized spacial score (nSPS) is 11.0. The maximum absolute atomic E-state index is 5.85. The molecule has 0 atom stereocenters. The lowest BCUT2D eigenvalue weighted by Crippen LogP contribution is -1.96. The van der Waals surface area contributed by atoms with Gasteiger partial charge < -0.3 is 10.2 Å². The Morgan fingerprint density at radius 2 is 2.06 bits per heavy atom. The van der Waals surface area contributed by atoms with Gasteiger partial charge in [0, 0.05) is 0 Å². The highest BCUT2D eigenvalue weighted by molar-refractivity contribution is 6.29. The summed E-state index contributed by atoms with van der Waals surface area (Å²) in [5, 5.41) is 7.79. The van der Waals surface area contributed by atoms with E-state index in [2.05, 4.69) is 15.2 Å². The van der Waals surface area contributed by atoms with Crippen LogP contribution < -0.4 is 5.73 Å². The van der Waals surface area contributed by atoms with Crippen LogP contribution in [-0.2, 0) is 0 Å². The number of aromatic nitrogens is 3. The molecular weight excluding hydrogens is 228 g/mol. The summed E-state index contributed by atoms with van der Waals surface area (Å²) >= 11 is 5.85. The zero-order chi connectivity index (χ0) is 11.7. The standard InChI is InChI=1S/C10H11ClN4O/c1-5(2)6-3-4-7(11)13-8(6)9-14-15-10(12)16-9/h3-5H,1-2H3,(H2,12,15). The monoisotopic (exact) mass is 238 g/mol. The van der Waals surface area contributed by atoms with Gasteiger partial charge in [-0.05, 0) is 17.5 Å². The quantitative estimate of drug-likeness (QED) is 0.814. The van der Waals surface area contributed by atoms with Crippen LogP contribution in [0.4, 0.5) is 6.01 Å². The average molecular weight is 239 g/mol. The van der Waals surface area contributed by atoms with E-state index in [9.17, 15) is 0 Å². The van der Waals surface area contributed by atoms with E-state index in [0.29, 0.717) is 16.7 Å². The van der Waals surface area contributed by atoms with Gasteiger partial charge >= 0.3 is 6.01 Å². The van der Waals surface area contributed by atoms with Crippen molar-refractivity contribution in [2.24, 2.45) is 0 Å². The van der Waals surface area contributed by atoms with Crippen molar-refractivity contribution in [3.63, 3.8) is 0 Å². The number of halogens is 1. The Kier molecular flexibility index (Phi) is 2.78. The Bertz CT molecular complexity index is 509. The van der Waals surface area contributed by atoms with Gasteiger partial charge in [-0.2, -0.15) is 0 Å². The van der Waals surface area contributed by atoms with Gasteiger partial charge in [-0.25, -0.2) is 4.98 Å². The second-order valence-electron chi connectivity index (χ2n) is 3.67.